The number of aromatic amines is 1. The van der Waals surface area contributed by atoms with E-state index in [4.69, 9.17) is 19.6 Å². The Balaban J connectivity index is 1.24. The number of rotatable bonds is 5. The number of nitrogens with one attached hydrogen (secondary N) is 1. The van der Waals surface area contributed by atoms with Crippen LogP contribution in [0.1, 0.15) is 33.9 Å². The van der Waals surface area contributed by atoms with Gasteiger partial charge in [0, 0.05) is 35.6 Å². The number of aryl methyl sites for hydroxylation is 2. The van der Waals surface area contributed by atoms with E-state index in [0.717, 1.165) is 33.5 Å². The van der Waals surface area contributed by atoms with Crippen molar-refractivity contribution in [2.45, 2.75) is 19.4 Å². The maximum Gasteiger partial charge on any atom is 0.244 e. The van der Waals surface area contributed by atoms with Gasteiger partial charge in [-0.2, -0.15) is 5.10 Å². The summed E-state index contributed by atoms with van der Waals surface area (Å²) in [7, 11) is 1.88. The highest BCUT2D eigenvalue weighted by atomic mass is 19.1. The predicted molar refractivity (Wildman–Crippen MR) is 135 cm³/mol. The van der Waals surface area contributed by atoms with Crippen molar-refractivity contribution in [2.24, 2.45) is 7.05 Å². The van der Waals surface area contributed by atoms with Crippen LogP contribution in [0.15, 0.2) is 67.3 Å². The molecule has 0 saturated heterocycles. The second-order valence-electron chi connectivity index (χ2n) is 9.16. The molecule has 1 aliphatic rings. The molecule has 38 heavy (non-hydrogen) atoms. The van der Waals surface area contributed by atoms with Crippen molar-refractivity contribution in [3.05, 3.63) is 101 Å². The molecule has 1 atom stereocenters. The molecule has 0 aliphatic carbocycles. The summed E-state index contributed by atoms with van der Waals surface area (Å²) in [4.78, 5) is 9.44. The molecule has 0 unspecified atom stereocenters. The summed E-state index contributed by atoms with van der Waals surface area (Å²) in [6.45, 7) is 2.33. The second kappa shape index (κ2) is 8.51. The van der Waals surface area contributed by atoms with Crippen LogP contribution < -0.4 is 9.47 Å². The Labute approximate surface area is 215 Å². The monoisotopic (exact) mass is 508 g/mol. The van der Waals surface area contributed by atoms with Gasteiger partial charge in [-0.1, -0.05) is 24.3 Å². The molecule has 0 spiro atoms. The molecule has 2 aromatic carbocycles. The zero-order chi connectivity index (χ0) is 25.8. The van der Waals surface area contributed by atoms with Gasteiger partial charge in [0.05, 0.1) is 17.7 Å². The van der Waals surface area contributed by atoms with Crippen molar-refractivity contribution in [2.75, 3.05) is 0 Å². The Morgan fingerprint density at radius 1 is 1.05 bits per heavy atom. The van der Waals surface area contributed by atoms with E-state index in [2.05, 4.69) is 20.3 Å². The third kappa shape index (κ3) is 3.67. The van der Waals surface area contributed by atoms with Gasteiger partial charge in [0.1, 0.15) is 24.5 Å². The molecule has 10 nitrogen and oxygen atoms in total. The number of hydrogen-bond acceptors (Lipinski definition) is 7. The molecule has 1 aliphatic heterocycles. The molecule has 0 amide bonds. The predicted octanol–water partition coefficient (Wildman–Crippen LogP) is 4.56. The molecular formula is C27H21FN8O2. The van der Waals surface area contributed by atoms with Crippen LogP contribution in [0.4, 0.5) is 4.39 Å². The number of H-pyrrole nitrogens is 1. The summed E-state index contributed by atoms with van der Waals surface area (Å²) in [6.07, 6.45) is 5.41. The van der Waals surface area contributed by atoms with Crippen LogP contribution in [0.3, 0.4) is 0 Å². The normalized spacial score (nSPS) is 14.2. The molecular weight excluding hydrogens is 487 g/mol. The molecule has 7 rings (SSSR count). The van der Waals surface area contributed by atoms with Crippen molar-refractivity contribution in [3.8, 4) is 28.9 Å². The molecule has 0 saturated carbocycles. The number of ether oxygens (including phenoxy) is 2. The van der Waals surface area contributed by atoms with Crippen molar-refractivity contribution >= 4 is 5.65 Å². The summed E-state index contributed by atoms with van der Waals surface area (Å²) in [5.74, 6) is 1.59. The van der Waals surface area contributed by atoms with Crippen molar-refractivity contribution in [3.63, 3.8) is 0 Å². The van der Waals surface area contributed by atoms with Crippen LogP contribution in [-0.2, 0) is 13.7 Å². The first-order chi connectivity index (χ1) is 18.5. The fourth-order valence-electron chi connectivity index (χ4n) is 4.76. The van der Waals surface area contributed by atoms with E-state index in [1.807, 2.05) is 50.6 Å². The van der Waals surface area contributed by atoms with E-state index in [1.165, 1.54) is 12.1 Å². The van der Waals surface area contributed by atoms with Crippen LogP contribution in [0.2, 0.25) is 0 Å². The molecule has 1 N–H and O–H groups in total. The summed E-state index contributed by atoms with van der Waals surface area (Å²) < 4.78 is 28.4. The van der Waals surface area contributed by atoms with Crippen LogP contribution >= 0.6 is 0 Å². The SMILES string of the molecule is Cc1[nH]nc2c1[C@@H](c1cnn(C)c1)c1c(ncn3nc(-c4ccc(COc5ccc(F)cc5)cc4)nc13)O2. The van der Waals surface area contributed by atoms with Crippen molar-refractivity contribution in [1.82, 2.24) is 39.6 Å². The standard InChI is InChI=1S/C27H21FN8O2/c1-15-21-22(18-11-30-35(2)12-18)23-25-31-24(34-36(25)14-29-26(23)38-27(21)33-32-15)17-5-3-16(4-6-17)13-37-20-9-7-19(28)8-10-20/h3-12,14,22H,13H2,1-2H3,(H,32,33)/t22-/m1/s1. The zero-order valence-electron chi connectivity index (χ0n) is 20.5. The summed E-state index contributed by atoms with van der Waals surface area (Å²) in [6, 6.07) is 13.8. The summed E-state index contributed by atoms with van der Waals surface area (Å²) in [5.41, 5.74) is 6.08. The highest BCUT2D eigenvalue weighted by molar-refractivity contribution is 5.68. The molecule has 188 valence electrons. The van der Waals surface area contributed by atoms with Gasteiger partial charge in [0.15, 0.2) is 11.5 Å². The number of nitrogens with zero attached hydrogens (tertiary/aromatic N) is 7. The molecule has 0 radical (unpaired) electrons. The van der Waals surface area contributed by atoms with E-state index in [0.29, 0.717) is 35.6 Å². The minimum atomic E-state index is -0.295. The lowest BCUT2D eigenvalue weighted by molar-refractivity contribution is 0.306. The lowest BCUT2D eigenvalue weighted by atomic mass is 9.86. The smallest absolute Gasteiger partial charge is 0.244 e. The van der Waals surface area contributed by atoms with E-state index in [-0.39, 0.29) is 11.7 Å². The first-order valence-electron chi connectivity index (χ1n) is 12.0. The van der Waals surface area contributed by atoms with Gasteiger partial charge in [0.25, 0.3) is 0 Å². The number of halogens is 1. The quantitative estimate of drug-likeness (QED) is 0.363. The maximum absolute atomic E-state index is 13.1. The Kier molecular flexibility index (Phi) is 4.96. The lowest BCUT2D eigenvalue weighted by Gasteiger charge is -2.24. The average molecular weight is 509 g/mol. The minimum Gasteiger partial charge on any atom is -0.489 e. The van der Waals surface area contributed by atoms with Crippen LogP contribution in [0.5, 0.6) is 17.5 Å². The van der Waals surface area contributed by atoms with Crippen LogP contribution in [-0.4, -0.2) is 39.6 Å². The molecule has 5 heterocycles. The number of fused-ring (bicyclic) bond motifs is 4. The van der Waals surface area contributed by atoms with E-state index >= 15 is 0 Å². The first kappa shape index (κ1) is 22.2. The Morgan fingerprint density at radius 3 is 2.63 bits per heavy atom. The average Bonchev–Trinajstić information content (AvgIpc) is 3.66. The summed E-state index contributed by atoms with van der Waals surface area (Å²) in [5, 5.41) is 16.4. The van der Waals surface area contributed by atoms with Gasteiger partial charge in [0.2, 0.25) is 11.8 Å². The molecule has 0 fully saturated rings. The van der Waals surface area contributed by atoms with Gasteiger partial charge in [-0.25, -0.2) is 18.9 Å². The molecule has 4 aromatic heterocycles. The number of hydrogen-bond donors (Lipinski definition) is 1. The Bertz CT molecular complexity index is 1790. The zero-order valence-corrected chi connectivity index (χ0v) is 20.5. The van der Waals surface area contributed by atoms with Crippen molar-refractivity contribution < 1.29 is 13.9 Å². The van der Waals surface area contributed by atoms with Crippen molar-refractivity contribution in [1.29, 1.82) is 0 Å². The minimum absolute atomic E-state index is 0.222. The van der Waals surface area contributed by atoms with E-state index in [1.54, 1.807) is 27.7 Å². The van der Waals surface area contributed by atoms with E-state index in [9.17, 15) is 4.39 Å². The Morgan fingerprint density at radius 2 is 1.87 bits per heavy atom. The third-order valence-corrected chi connectivity index (χ3v) is 6.61. The van der Waals surface area contributed by atoms with Gasteiger partial charge in [-0.05, 0) is 36.8 Å². The highest BCUT2D eigenvalue weighted by Crippen LogP contribution is 2.48. The molecule has 11 heteroatoms. The fraction of sp³-hybridized carbons (Fsp3) is 0.148. The van der Waals surface area contributed by atoms with Gasteiger partial charge < -0.3 is 9.47 Å². The molecule has 6 aromatic rings. The fourth-order valence-corrected chi connectivity index (χ4v) is 4.76. The maximum atomic E-state index is 13.1. The van der Waals surface area contributed by atoms with Gasteiger partial charge in [-0.15, -0.1) is 10.2 Å². The largest absolute Gasteiger partial charge is 0.489 e. The van der Waals surface area contributed by atoms with E-state index < -0.39 is 0 Å². The van der Waals surface area contributed by atoms with Crippen LogP contribution in [0, 0.1) is 12.7 Å². The second-order valence-corrected chi connectivity index (χ2v) is 9.16. The molecule has 0 bridgehead atoms. The first-order valence-corrected chi connectivity index (χ1v) is 12.0. The number of aromatic nitrogens is 8. The third-order valence-electron chi connectivity index (χ3n) is 6.61. The highest BCUT2D eigenvalue weighted by Gasteiger charge is 2.37. The number of benzene rings is 2. The van der Waals surface area contributed by atoms with Crippen LogP contribution in [0.25, 0.3) is 17.0 Å². The van der Waals surface area contributed by atoms with Gasteiger partial charge >= 0.3 is 0 Å². The van der Waals surface area contributed by atoms with Gasteiger partial charge in [-0.3, -0.25) is 9.78 Å². The topological polar surface area (TPSA) is 108 Å². The lowest BCUT2D eigenvalue weighted by Crippen LogP contribution is -2.14. The summed E-state index contributed by atoms with van der Waals surface area (Å²) >= 11 is 0. The Hall–Kier alpha value is -5.06.